The van der Waals surface area contributed by atoms with E-state index in [2.05, 4.69) is 25.3 Å². The van der Waals surface area contributed by atoms with Crippen LogP contribution >= 0.6 is 35.6 Å². The highest BCUT2D eigenvalue weighted by molar-refractivity contribution is 14.0. The number of benzene rings is 1. The summed E-state index contributed by atoms with van der Waals surface area (Å²) in [5.41, 5.74) is 1.07. The molecule has 1 N–H and O–H groups in total. The molecular weight excluding hydrogens is 465 g/mol. The Balaban J connectivity index is 0.00000338. The summed E-state index contributed by atoms with van der Waals surface area (Å²) in [5, 5.41) is 8.03. The quantitative estimate of drug-likeness (QED) is 0.359. The van der Waals surface area contributed by atoms with Crippen molar-refractivity contribution in [3.8, 4) is 0 Å². The van der Waals surface area contributed by atoms with Gasteiger partial charge in [0.15, 0.2) is 11.8 Å². The number of hydrogen-bond donors (Lipinski definition) is 1. The third-order valence-corrected chi connectivity index (χ3v) is 4.02. The van der Waals surface area contributed by atoms with Crippen LogP contribution < -0.4 is 5.32 Å². The van der Waals surface area contributed by atoms with Crippen molar-refractivity contribution in [3.63, 3.8) is 0 Å². The normalized spacial score (nSPS) is 11.4. The highest BCUT2D eigenvalue weighted by atomic mass is 127. The van der Waals surface area contributed by atoms with Gasteiger partial charge in [-0.05, 0) is 18.6 Å². The molecule has 2 aromatic rings. The minimum Gasteiger partial charge on any atom is -0.357 e. The molecule has 144 valence electrons. The Morgan fingerprint density at radius 3 is 2.69 bits per heavy atom. The van der Waals surface area contributed by atoms with Crippen molar-refractivity contribution < 1.29 is 4.52 Å². The van der Waals surface area contributed by atoms with E-state index in [-0.39, 0.29) is 29.9 Å². The number of guanidine groups is 1. The molecule has 6 nitrogen and oxygen atoms in total. The van der Waals surface area contributed by atoms with Crippen molar-refractivity contribution >= 4 is 41.5 Å². The summed E-state index contributed by atoms with van der Waals surface area (Å²) in [6, 6.07) is 7.84. The number of hydrogen-bond acceptors (Lipinski definition) is 4. The minimum absolute atomic E-state index is 0. The summed E-state index contributed by atoms with van der Waals surface area (Å²) in [7, 11) is 1.99. The summed E-state index contributed by atoms with van der Waals surface area (Å²) < 4.78 is 5.26. The lowest BCUT2D eigenvalue weighted by Gasteiger charge is -2.22. The maximum absolute atomic E-state index is 6.25. The van der Waals surface area contributed by atoms with E-state index in [1.165, 1.54) is 0 Å². The number of rotatable bonds is 7. The first kappa shape index (κ1) is 22.7. The van der Waals surface area contributed by atoms with E-state index in [0.29, 0.717) is 25.4 Å². The maximum atomic E-state index is 6.25. The van der Waals surface area contributed by atoms with Gasteiger partial charge in [0.25, 0.3) is 0 Å². The van der Waals surface area contributed by atoms with E-state index in [0.717, 1.165) is 28.9 Å². The van der Waals surface area contributed by atoms with E-state index in [1.807, 2.05) is 52.1 Å². The molecule has 0 aliphatic rings. The van der Waals surface area contributed by atoms with Crippen molar-refractivity contribution in [2.75, 3.05) is 20.1 Å². The van der Waals surface area contributed by atoms with Gasteiger partial charge in [-0.1, -0.05) is 48.8 Å². The second-order valence-electron chi connectivity index (χ2n) is 6.13. The molecule has 0 atom stereocenters. The number of halogens is 2. The van der Waals surface area contributed by atoms with Gasteiger partial charge >= 0.3 is 0 Å². The topological polar surface area (TPSA) is 66.5 Å². The predicted octanol–water partition coefficient (Wildman–Crippen LogP) is 4.10. The zero-order chi connectivity index (χ0) is 18.2. The van der Waals surface area contributed by atoms with Crippen molar-refractivity contribution in [2.45, 2.75) is 39.7 Å². The molecule has 0 bridgehead atoms. The summed E-state index contributed by atoms with van der Waals surface area (Å²) in [5.74, 6) is 2.45. The molecule has 0 aliphatic heterocycles. The van der Waals surface area contributed by atoms with Crippen LogP contribution in [0.4, 0.5) is 0 Å². The number of nitrogens with one attached hydrogen (secondary N) is 1. The van der Waals surface area contributed by atoms with Crippen LogP contribution in [0.1, 0.15) is 44.0 Å². The van der Waals surface area contributed by atoms with Gasteiger partial charge < -0.3 is 14.7 Å². The zero-order valence-electron chi connectivity index (χ0n) is 15.7. The lowest BCUT2D eigenvalue weighted by molar-refractivity contribution is 0.372. The van der Waals surface area contributed by atoms with Crippen LogP contribution in [0.2, 0.25) is 5.02 Å². The SMILES string of the molecule is CCNC(=NCCc1nc(C(C)C)no1)N(C)Cc1ccccc1Cl.I. The molecule has 1 heterocycles. The molecule has 1 aromatic carbocycles. The van der Waals surface area contributed by atoms with Gasteiger partial charge in [0.2, 0.25) is 5.89 Å². The molecule has 1 aromatic heterocycles. The molecule has 0 spiro atoms. The maximum Gasteiger partial charge on any atom is 0.228 e. The largest absolute Gasteiger partial charge is 0.357 e. The smallest absolute Gasteiger partial charge is 0.228 e. The van der Waals surface area contributed by atoms with E-state index in [9.17, 15) is 0 Å². The summed E-state index contributed by atoms with van der Waals surface area (Å²) in [6.45, 7) is 8.19. The first-order valence-corrected chi connectivity index (χ1v) is 8.94. The predicted molar refractivity (Wildman–Crippen MR) is 116 cm³/mol. The van der Waals surface area contributed by atoms with Gasteiger partial charge in [-0.2, -0.15) is 4.98 Å². The van der Waals surface area contributed by atoms with Crippen molar-refractivity contribution in [3.05, 3.63) is 46.6 Å². The molecule has 0 fully saturated rings. The van der Waals surface area contributed by atoms with Crippen molar-refractivity contribution in [1.29, 1.82) is 0 Å². The Labute approximate surface area is 177 Å². The minimum atomic E-state index is 0. The monoisotopic (exact) mass is 491 g/mol. The van der Waals surface area contributed by atoms with Crippen LogP contribution in [0.15, 0.2) is 33.8 Å². The number of aromatic nitrogens is 2. The highest BCUT2D eigenvalue weighted by Gasteiger charge is 2.11. The second kappa shape index (κ2) is 11.4. The Bertz CT molecular complexity index is 704. The first-order chi connectivity index (χ1) is 12.0. The van der Waals surface area contributed by atoms with Crippen LogP contribution in [-0.4, -0.2) is 41.1 Å². The standard InChI is InChI=1S/C18H26ClN5O.HI/c1-5-20-18(24(4)12-14-8-6-7-9-15(14)19)21-11-10-16-22-17(13(2)3)23-25-16;/h6-9,13H,5,10-12H2,1-4H3,(H,20,21);1H. The summed E-state index contributed by atoms with van der Waals surface area (Å²) >= 11 is 6.25. The molecule has 0 unspecified atom stereocenters. The van der Waals surface area contributed by atoms with E-state index < -0.39 is 0 Å². The summed E-state index contributed by atoms with van der Waals surface area (Å²) in [6.07, 6.45) is 0.620. The number of nitrogens with zero attached hydrogens (tertiary/aromatic N) is 4. The van der Waals surface area contributed by atoms with Gasteiger partial charge in [0, 0.05) is 37.5 Å². The van der Waals surface area contributed by atoms with E-state index >= 15 is 0 Å². The van der Waals surface area contributed by atoms with Gasteiger partial charge in [0.1, 0.15) is 0 Å². The van der Waals surface area contributed by atoms with Crippen molar-refractivity contribution in [2.24, 2.45) is 4.99 Å². The van der Waals surface area contributed by atoms with Gasteiger partial charge in [0.05, 0.1) is 6.54 Å². The fourth-order valence-corrected chi connectivity index (χ4v) is 2.48. The van der Waals surface area contributed by atoms with Crippen LogP contribution in [0.3, 0.4) is 0 Å². The molecule has 0 saturated heterocycles. The molecule has 0 amide bonds. The van der Waals surface area contributed by atoms with Crippen LogP contribution in [-0.2, 0) is 13.0 Å². The second-order valence-corrected chi connectivity index (χ2v) is 6.54. The lowest BCUT2D eigenvalue weighted by Crippen LogP contribution is -2.38. The average molecular weight is 492 g/mol. The Morgan fingerprint density at radius 1 is 1.35 bits per heavy atom. The van der Waals surface area contributed by atoms with Crippen LogP contribution in [0, 0.1) is 0 Å². The van der Waals surface area contributed by atoms with Gasteiger partial charge in [-0.25, -0.2) is 0 Å². The van der Waals surface area contributed by atoms with Crippen molar-refractivity contribution in [1.82, 2.24) is 20.4 Å². The average Bonchev–Trinajstić information content (AvgIpc) is 3.05. The molecule has 26 heavy (non-hydrogen) atoms. The number of aliphatic imine (C=N–C) groups is 1. The van der Waals surface area contributed by atoms with E-state index in [4.69, 9.17) is 16.1 Å². The van der Waals surface area contributed by atoms with Gasteiger partial charge in [-0.3, -0.25) is 4.99 Å². The third kappa shape index (κ3) is 6.75. The first-order valence-electron chi connectivity index (χ1n) is 8.56. The summed E-state index contributed by atoms with van der Waals surface area (Å²) in [4.78, 5) is 11.1. The molecule has 0 saturated carbocycles. The fourth-order valence-electron chi connectivity index (χ4n) is 2.29. The highest BCUT2D eigenvalue weighted by Crippen LogP contribution is 2.16. The molecule has 8 heteroatoms. The van der Waals surface area contributed by atoms with Crippen LogP contribution in [0.25, 0.3) is 0 Å². The fraction of sp³-hybridized carbons (Fsp3) is 0.500. The Kier molecular flexibility index (Phi) is 9.93. The molecule has 0 radical (unpaired) electrons. The lowest BCUT2D eigenvalue weighted by atomic mass is 10.2. The van der Waals surface area contributed by atoms with E-state index in [1.54, 1.807) is 0 Å². The zero-order valence-corrected chi connectivity index (χ0v) is 18.8. The van der Waals surface area contributed by atoms with Crippen LogP contribution in [0.5, 0.6) is 0 Å². The molecular formula is C18H27ClIN5O. The Hall–Kier alpha value is -1.35. The molecule has 2 rings (SSSR count). The Morgan fingerprint density at radius 2 is 2.08 bits per heavy atom. The van der Waals surface area contributed by atoms with Gasteiger partial charge in [-0.15, -0.1) is 24.0 Å². The third-order valence-electron chi connectivity index (χ3n) is 3.65. The molecule has 0 aliphatic carbocycles.